The highest BCUT2D eigenvalue weighted by Crippen LogP contribution is 2.58. The Morgan fingerprint density at radius 2 is 1.66 bits per heavy atom. The largest absolute Gasteiger partial charge is 0.397 e. The van der Waals surface area contributed by atoms with Crippen molar-refractivity contribution in [2.24, 2.45) is 0 Å². The van der Waals surface area contributed by atoms with Gasteiger partial charge in [0.15, 0.2) is 0 Å². The minimum atomic E-state index is 0.0382. The van der Waals surface area contributed by atoms with E-state index < -0.39 is 0 Å². The van der Waals surface area contributed by atoms with Crippen molar-refractivity contribution in [2.75, 3.05) is 16.4 Å². The summed E-state index contributed by atoms with van der Waals surface area (Å²) in [5.74, 6) is 0.836. The first-order chi connectivity index (χ1) is 29.8. The van der Waals surface area contributed by atoms with Crippen LogP contribution in [0.4, 0.5) is 17.1 Å². The third-order valence-corrected chi connectivity index (χ3v) is 17.2. The Kier molecular flexibility index (Phi) is 10.3. The van der Waals surface area contributed by atoms with Crippen molar-refractivity contribution < 1.29 is 0 Å². The molecule has 0 spiro atoms. The first kappa shape index (κ1) is 41.2. The molecule has 2 N–H and O–H groups in total. The van der Waals surface area contributed by atoms with Crippen LogP contribution in [0, 0.1) is 26.0 Å². The SMILES string of the molecule is CC/C1=C(\C=C(\C)CSc2c#cccc2C)N(c2cc3c(cc2C)C(C)(C)CCC3(C)C)c2cc3c(c(c2S)C2=CCCC(c4sc5ccccc5c4N)=C21)Cc1ccccc1-3. The maximum Gasteiger partial charge on any atom is 0.0609 e. The van der Waals surface area contributed by atoms with Crippen LogP contribution >= 0.6 is 35.7 Å². The molecule has 5 heteroatoms. The van der Waals surface area contributed by atoms with Crippen LogP contribution < -0.4 is 10.6 Å². The monoisotopic (exact) mass is 864 g/mol. The number of rotatable bonds is 7. The van der Waals surface area contributed by atoms with Gasteiger partial charge in [-0.3, -0.25) is 0 Å². The molecule has 0 unspecified atom stereocenters. The summed E-state index contributed by atoms with van der Waals surface area (Å²) in [5, 5.41) is 1.15. The molecule has 5 aromatic carbocycles. The maximum absolute atomic E-state index is 7.26. The molecule has 62 heavy (non-hydrogen) atoms. The van der Waals surface area contributed by atoms with Crippen LogP contribution in [0.2, 0.25) is 0 Å². The Morgan fingerprint density at radius 1 is 0.919 bits per heavy atom. The third-order valence-electron chi connectivity index (χ3n) is 14.2. The fourth-order valence-electron chi connectivity index (χ4n) is 10.7. The van der Waals surface area contributed by atoms with E-state index in [-0.39, 0.29) is 10.8 Å². The molecule has 1 aliphatic heterocycles. The van der Waals surface area contributed by atoms with Gasteiger partial charge in [0.1, 0.15) is 0 Å². The number of thioether (sulfide) groups is 1. The van der Waals surface area contributed by atoms with Crippen LogP contribution in [0.5, 0.6) is 0 Å². The van der Waals surface area contributed by atoms with Gasteiger partial charge in [-0.2, -0.15) is 0 Å². The van der Waals surface area contributed by atoms with E-state index in [1.165, 1.54) is 105 Å². The lowest BCUT2D eigenvalue weighted by Gasteiger charge is -2.44. The van der Waals surface area contributed by atoms with E-state index in [4.69, 9.17) is 18.4 Å². The molecule has 2 bridgehead atoms. The number of fused-ring (bicyclic) bond motifs is 10. The van der Waals surface area contributed by atoms with Gasteiger partial charge in [-0.25, -0.2) is 0 Å². The van der Waals surface area contributed by atoms with Crippen molar-refractivity contribution in [2.45, 2.75) is 115 Å². The topological polar surface area (TPSA) is 29.3 Å². The Bertz CT molecular complexity index is 2980. The van der Waals surface area contributed by atoms with E-state index in [2.05, 4.69) is 157 Å². The lowest BCUT2D eigenvalue weighted by Crippen LogP contribution is -2.34. The van der Waals surface area contributed by atoms with Gasteiger partial charge < -0.3 is 10.6 Å². The second kappa shape index (κ2) is 15.4. The van der Waals surface area contributed by atoms with Gasteiger partial charge in [-0.15, -0.1) is 35.7 Å². The van der Waals surface area contributed by atoms with Gasteiger partial charge >= 0.3 is 0 Å². The number of anilines is 3. The number of nitrogens with zero attached hydrogens (tertiary/aromatic N) is 1. The number of hydrogen-bond donors (Lipinski definition) is 2. The normalized spacial score (nSPS) is 18.7. The Balaban J connectivity index is 1.33. The van der Waals surface area contributed by atoms with Crippen molar-refractivity contribution >= 4 is 74.0 Å². The van der Waals surface area contributed by atoms with E-state index in [1.54, 1.807) is 0 Å². The minimum absolute atomic E-state index is 0.0382. The molecule has 312 valence electrons. The molecule has 2 heterocycles. The molecule has 0 radical (unpaired) electrons. The quantitative estimate of drug-likeness (QED) is 0.124. The Labute approximate surface area is 383 Å². The van der Waals surface area contributed by atoms with Crippen LogP contribution in [-0.4, -0.2) is 5.75 Å². The summed E-state index contributed by atoms with van der Waals surface area (Å²) in [5.41, 5.74) is 30.7. The highest BCUT2D eigenvalue weighted by Gasteiger charge is 2.40. The summed E-state index contributed by atoms with van der Waals surface area (Å²) in [7, 11) is 0. The van der Waals surface area contributed by atoms with Gasteiger partial charge in [0.2, 0.25) is 0 Å². The molecule has 10 rings (SSSR count). The predicted molar refractivity (Wildman–Crippen MR) is 272 cm³/mol. The van der Waals surface area contributed by atoms with Crippen molar-refractivity contribution in [3.63, 3.8) is 0 Å². The smallest absolute Gasteiger partial charge is 0.0609 e. The van der Waals surface area contributed by atoms with Crippen molar-refractivity contribution in [1.82, 2.24) is 0 Å². The molecule has 0 atom stereocenters. The molecule has 2 nitrogen and oxygen atoms in total. The molecular formula is C57H56N2S3. The first-order valence-electron chi connectivity index (χ1n) is 22.3. The number of benzene rings is 4. The van der Waals surface area contributed by atoms with Gasteiger partial charge in [0, 0.05) is 37.7 Å². The van der Waals surface area contributed by atoms with Gasteiger partial charge in [-0.05, 0) is 173 Å². The average Bonchev–Trinajstić information content (AvgIpc) is 3.79. The molecule has 0 saturated heterocycles. The zero-order valence-electron chi connectivity index (χ0n) is 37.4. The summed E-state index contributed by atoms with van der Waals surface area (Å²) in [6.07, 6.45) is 11.0. The fourth-order valence-corrected chi connectivity index (χ4v) is 13.2. The van der Waals surface area contributed by atoms with E-state index >= 15 is 0 Å². The minimum Gasteiger partial charge on any atom is -0.397 e. The van der Waals surface area contributed by atoms with E-state index in [9.17, 15) is 0 Å². The number of hydrogen-bond acceptors (Lipinski definition) is 5. The zero-order chi connectivity index (χ0) is 43.2. The summed E-state index contributed by atoms with van der Waals surface area (Å²) >= 11 is 9.44. The van der Waals surface area contributed by atoms with Crippen molar-refractivity contribution in [1.29, 1.82) is 0 Å². The fraction of sp³-hybridized carbons (Fsp3) is 0.298. The molecule has 4 aliphatic rings. The Hall–Kier alpha value is -4.86. The number of allylic oxidation sites excluding steroid dienone is 6. The number of nitrogen functional groups attached to an aromatic ring is 1. The van der Waals surface area contributed by atoms with Crippen LogP contribution in [0.25, 0.3) is 32.4 Å². The predicted octanol–water partition coefficient (Wildman–Crippen LogP) is 16.1. The maximum atomic E-state index is 7.26. The summed E-state index contributed by atoms with van der Waals surface area (Å²) in [6, 6.07) is 36.0. The van der Waals surface area contributed by atoms with E-state index in [0.717, 1.165) is 64.4 Å². The number of thiol groups is 1. The third kappa shape index (κ3) is 6.63. The molecule has 0 amide bonds. The molecule has 0 fully saturated rings. The van der Waals surface area contributed by atoms with Crippen molar-refractivity contribution in [3.8, 4) is 11.1 Å². The molecule has 0 saturated carbocycles. The van der Waals surface area contributed by atoms with Crippen LogP contribution in [0.15, 0.2) is 123 Å². The standard InChI is InChI=1S/C57H56N2S3/c1-9-37-47(27-33(2)32-61-49-23-14-10-17-34(49)3)59(46-31-45-44(28-35(46)4)56(5,6)25-26-57(45,7)8)48-30-42-38-19-12-11-18-36(38)29-43(42)52(54(48)60)40-21-16-22-41(51(37)40)55-53(58)39-20-13-15-24-50(39)62-55/h10-13,15,17-21,24,27-28,30-31,60H,9,16,22,25-26,29,32,58H2,1-8H3/b33-27-,47-37-. The van der Waals surface area contributed by atoms with Gasteiger partial charge in [0.05, 0.1) is 21.1 Å². The number of nitrogens with two attached hydrogens (primary N) is 1. The molecule has 6 aromatic rings. The van der Waals surface area contributed by atoms with Crippen LogP contribution in [-0.2, 0) is 17.3 Å². The molecule has 3 aliphatic carbocycles. The lowest BCUT2D eigenvalue weighted by atomic mass is 9.63. The zero-order valence-corrected chi connectivity index (χ0v) is 39.9. The highest BCUT2D eigenvalue weighted by atomic mass is 32.2. The molecule has 1 aromatic heterocycles. The first-order valence-corrected chi connectivity index (χ1v) is 24.6. The summed E-state index contributed by atoms with van der Waals surface area (Å²) in [6.45, 7) is 18.9. The second-order valence-corrected chi connectivity index (χ2v) is 21.7. The van der Waals surface area contributed by atoms with Crippen LogP contribution in [0.3, 0.4) is 0 Å². The van der Waals surface area contributed by atoms with Crippen molar-refractivity contribution in [3.05, 3.63) is 169 Å². The van der Waals surface area contributed by atoms with Crippen LogP contribution in [0.1, 0.15) is 117 Å². The van der Waals surface area contributed by atoms with E-state index in [1.807, 2.05) is 29.2 Å². The summed E-state index contributed by atoms with van der Waals surface area (Å²) < 4.78 is 1.24. The molecular weight excluding hydrogens is 809 g/mol. The second-order valence-electron chi connectivity index (χ2n) is 19.2. The lowest BCUT2D eigenvalue weighted by molar-refractivity contribution is 0.332. The number of thiophene rings is 1. The summed E-state index contributed by atoms with van der Waals surface area (Å²) in [4.78, 5) is 6.03. The van der Waals surface area contributed by atoms with E-state index in [0.29, 0.717) is 0 Å². The van der Waals surface area contributed by atoms with Gasteiger partial charge in [-0.1, -0.05) is 107 Å². The van der Waals surface area contributed by atoms with Gasteiger partial charge in [0.25, 0.3) is 0 Å². The highest BCUT2D eigenvalue weighted by molar-refractivity contribution is 7.99. The number of aryl methyl sites for hydroxylation is 2. The average molecular weight is 865 g/mol. The Morgan fingerprint density at radius 3 is 2.42 bits per heavy atom.